The molecule has 0 atom stereocenters. The van der Waals surface area contributed by atoms with Crippen LogP contribution in [0, 0.1) is 0 Å². The maximum atomic E-state index is 8.04. The Bertz CT molecular complexity index is 200. The van der Waals surface area contributed by atoms with E-state index in [1.54, 1.807) is 0 Å². The molecular formula is CH4O22. The lowest BCUT2D eigenvalue weighted by molar-refractivity contribution is -0.882. The lowest BCUT2D eigenvalue weighted by atomic mass is 11.1. The largest absolute Gasteiger partial charge is 0.528 e. The van der Waals surface area contributed by atoms with Gasteiger partial charge in [0, 0.05) is 0 Å². The van der Waals surface area contributed by atoms with Crippen LogP contribution in [0.15, 0.2) is 0 Å². The van der Waals surface area contributed by atoms with Crippen LogP contribution in [-0.2, 0) is 90.1 Å². The van der Waals surface area contributed by atoms with Crippen LogP contribution in [0.1, 0.15) is 0 Å². The molecule has 22 nitrogen and oxygen atoms in total. The van der Waals surface area contributed by atoms with Crippen molar-refractivity contribution in [3.63, 3.8) is 0 Å². The minimum Gasteiger partial charge on any atom is -0.221 e. The first kappa shape index (κ1) is 22.1. The summed E-state index contributed by atoms with van der Waals surface area (Å²) in [5.74, 6) is 0. The van der Waals surface area contributed by atoms with Crippen molar-refractivity contribution in [2.45, 2.75) is 6.16 Å². The number of hydrogen-bond acceptors (Lipinski definition) is 22. The summed E-state index contributed by atoms with van der Waals surface area (Å²) >= 11 is 0. The Morgan fingerprint density at radius 3 is 1.04 bits per heavy atom. The predicted molar refractivity (Wildman–Crippen MR) is 32.8 cm³/mol. The molecule has 0 unspecified atom stereocenters. The Morgan fingerprint density at radius 1 is 0.348 bits per heavy atom. The van der Waals surface area contributed by atoms with E-state index >= 15 is 0 Å². The zero-order valence-electron chi connectivity index (χ0n) is 9.64. The minimum absolute atomic E-state index is 2.86. The van der Waals surface area contributed by atoms with Crippen LogP contribution in [-0.4, -0.2) is 27.2 Å². The van der Waals surface area contributed by atoms with Crippen molar-refractivity contribution >= 4 is 0 Å². The predicted octanol–water partition coefficient (Wildman–Crippen LogP) is -1.40. The molecule has 0 saturated carbocycles. The van der Waals surface area contributed by atoms with Crippen LogP contribution in [0.3, 0.4) is 0 Å². The van der Waals surface area contributed by atoms with Crippen LogP contribution >= 0.6 is 0 Å². The van der Waals surface area contributed by atoms with Gasteiger partial charge in [0.1, 0.15) is 0 Å². The molecule has 0 radical (unpaired) electrons. The lowest BCUT2D eigenvalue weighted by Gasteiger charge is -2.20. The van der Waals surface area contributed by atoms with Crippen LogP contribution < -0.4 is 0 Å². The summed E-state index contributed by atoms with van der Waals surface area (Å²) in [7, 11) is 0. The van der Waals surface area contributed by atoms with Gasteiger partial charge in [0.25, 0.3) is 0 Å². The topological polar surface area (TPSA) is 247 Å². The molecule has 0 aliphatic rings. The summed E-state index contributed by atoms with van der Waals surface area (Å²) in [6.45, 7) is 0. The Kier molecular flexibility index (Phi) is 15.4. The molecule has 0 aromatic carbocycles. The van der Waals surface area contributed by atoms with Crippen molar-refractivity contribution in [1.82, 2.24) is 0 Å². The molecule has 4 N–H and O–H groups in total. The second kappa shape index (κ2) is 16.0. The highest BCUT2D eigenvalue weighted by Gasteiger charge is 2.46. The molecular weight excluding hydrogens is 364 g/mol. The van der Waals surface area contributed by atoms with E-state index in [2.05, 4.69) is 90.1 Å². The normalized spacial score (nSPS) is 12.0. The molecule has 0 aliphatic carbocycles. The second-order valence-electron chi connectivity index (χ2n) is 1.81. The first-order valence-electron chi connectivity index (χ1n) is 3.88. The molecule has 0 amide bonds. The first-order chi connectivity index (χ1) is 11.2. The fraction of sp³-hybridized carbons (Fsp3) is 1.00. The van der Waals surface area contributed by atoms with Crippen molar-refractivity contribution in [3.05, 3.63) is 0 Å². The van der Waals surface area contributed by atoms with Gasteiger partial charge in [0.05, 0.1) is 0 Å². The molecule has 140 valence electrons. The zero-order valence-corrected chi connectivity index (χ0v) is 9.64. The van der Waals surface area contributed by atoms with Crippen LogP contribution in [0.25, 0.3) is 0 Å². The average Bonchev–Trinajstić information content (AvgIpc) is 2.54. The molecule has 0 fully saturated rings. The molecule has 0 heterocycles. The molecule has 22 heteroatoms. The highest BCUT2D eigenvalue weighted by atomic mass is 17.9. The fourth-order valence-electron chi connectivity index (χ4n) is 0.379. The summed E-state index contributed by atoms with van der Waals surface area (Å²) in [6.07, 6.45) is -3.46. The summed E-state index contributed by atoms with van der Waals surface area (Å²) in [5, 5.41) is 76.8. The van der Waals surface area contributed by atoms with E-state index < -0.39 is 6.16 Å². The average molecular weight is 368 g/mol. The van der Waals surface area contributed by atoms with Gasteiger partial charge >= 0.3 is 6.16 Å². The third-order valence-corrected chi connectivity index (χ3v) is 0.834. The van der Waals surface area contributed by atoms with Crippen LogP contribution in [0.2, 0.25) is 0 Å². The van der Waals surface area contributed by atoms with E-state index in [1.807, 2.05) is 0 Å². The van der Waals surface area contributed by atoms with Crippen LogP contribution in [0.5, 0.6) is 0 Å². The fourth-order valence-corrected chi connectivity index (χ4v) is 0.379. The monoisotopic (exact) mass is 368 g/mol. The van der Waals surface area contributed by atoms with Crippen LogP contribution in [0.4, 0.5) is 0 Å². The maximum Gasteiger partial charge on any atom is 0.528 e. The molecule has 0 rings (SSSR count). The summed E-state index contributed by atoms with van der Waals surface area (Å²) in [6, 6.07) is 0. The third kappa shape index (κ3) is 12.2. The number of rotatable bonds is 18. The van der Waals surface area contributed by atoms with Gasteiger partial charge in [-0.25, -0.2) is 21.0 Å². The maximum absolute atomic E-state index is 8.04. The standard InChI is InChI=1S/CH4O22/c2-10-6-1(7-11-3,8-14-18-22-20-16-12-4)9-15-19-23-21-17-13-5/h2-5H. The molecule has 23 heavy (non-hydrogen) atoms. The minimum atomic E-state index is -3.46. The smallest absolute Gasteiger partial charge is 0.221 e. The highest BCUT2D eigenvalue weighted by molar-refractivity contribution is 4.19. The van der Waals surface area contributed by atoms with Crippen molar-refractivity contribution in [2.24, 2.45) is 0 Å². The first-order valence-corrected chi connectivity index (χ1v) is 3.88. The lowest BCUT2D eigenvalue weighted by Crippen LogP contribution is -2.42. The molecule has 0 spiro atoms. The van der Waals surface area contributed by atoms with Crippen molar-refractivity contribution in [1.29, 1.82) is 0 Å². The van der Waals surface area contributed by atoms with Gasteiger partial charge in [-0.2, -0.15) is 0 Å². The van der Waals surface area contributed by atoms with E-state index in [4.69, 9.17) is 21.0 Å². The molecule has 0 aliphatic heterocycles. The van der Waals surface area contributed by atoms with Gasteiger partial charge in [-0.3, -0.25) is 0 Å². The van der Waals surface area contributed by atoms with E-state index in [-0.39, 0.29) is 0 Å². The van der Waals surface area contributed by atoms with Gasteiger partial charge in [-0.15, -0.1) is 19.6 Å². The SMILES string of the molecule is OOOOOOOOC(OOO)(OOO)OOOOOOOO. The van der Waals surface area contributed by atoms with Gasteiger partial charge < -0.3 is 0 Å². The van der Waals surface area contributed by atoms with E-state index in [0.717, 1.165) is 0 Å². The summed E-state index contributed by atoms with van der Waals surface area (Å²) in [5.41, 5.74) is 0. The van der Waals surface area contributed by atoms with E-state index in [1.165, 1.54) is 0 Å². The Labute approximate surface area is 119 Å². The molecule has 0 aromatic rings. The quantitative estimate of drug-likeness (QED) is 0.0938. The molecule has 0 aromatic heterocycles. The van der Waals surface area contributed by atoms with Crippen molar-refractivity contribution in [2.75, 3.05) is 0 Å². The van der Waals surface area contributed by atoms with Crippen molar-refractivity contribution < 1.29 is 111 Å². The van der Waals surface area contributed by atoms with Gasteiger partial charge in [-0.1, -0.05) is 10.1 Å². The summed E-state index contributed by atoms with van der Waals surface area (Å²) in [4.78, 5) is 14.9. The highest BCUT2D eigenvalue weighted by Crippen LogP contribution is 2.19. The zero-order chi connectivity index (χ0) is 17.2. The Morgan fingerprint density at radius 2 is 0.696 bits per heavy atom. The Balaban J connectivity index is 4.11. The molecule has 0 saturated heterocycles. The molecule has 0 bridgehead atoms. The van der Waals surface area contributed by atoms with E-state index in [0.29, 0.717) is 0 Å². The van der Waals surface area contributed by atoms with E-state index in [9.17, 15) is 0 Å². The summed E-state index contributed by atoms with van der Waals surface area (Å²) < 4.78 is 0. The second-order valence-corrected chi connectivity index (χ2v) is 1.81. The Hall–Kier alpha value is -0.880. The van der Waals surface area contributed by atoms with Gasteiger partial charge in [0.2, 0.25) is 0 Å². The van der Waals surface area contributed by atoms with Gasteiger partial charge in [-0.05, 0) is 60.5 Å². The van der Waals surface area contributed by atoms with Gasteiger partial charge in [0.15, 0.2) is 0 Å². The van der Waals surface area contributed by atoms with Crippen molar-refractivity contribution in [3.8, 4) is 0 Å². The number of hydrogen-bond donors (Lipinski definition) is 4. The third-order valence-electron chi connectivity index (χ3n) is 0.834.